The molecule has 2 aliphatic rings. The summed E-state index contributed by atoms with van der Waals surface area (Å²) in [5.41, 5.74) is 1.51. The maximum absolute atomic E-state index is 3.73. The van der Waals surface area contributed by atoms with E-state index in [0.717, 1.165) is 19.0 Å². The van der Waals surface area contributed by atoms with Crippen molar-refractivity contribution in [1.82, 2.24) is 15.1 Å². The summed E-state index contributed by atoms with van der Waals surface area (Å²) in [5.74, 6) is 0.864. The molecule has 0 spiro atoms. The van der Waals surface area contributed by atoms with Gasteiger partial charge < -0.3 is 10.2 Å². The first-order valence-corrected chi connectivity index (χ1v) is 8.45. The lowest BCUT2D eigenvalue weighted by atomic mass is 9.89. The van der Waals surface area contributed by atoms with Crippen molar-refractivity contribution in [1.29, 1.82) is 0 Å². The average molecular weight is 287 g/mol. The smallest absolute Gasteiger partial charge is 0.0535 e. The lowest BCUT2D eigenvalue weighted by Gasteiger charge is -2.42. The van der Waals surface area contributed by atoms with E-state index in [1.165, 1.54) is 44.7 Å². The Morgan fingerprint density at radius 3 is 2.71 bits per heavy atom. The molecule has 116 valence electrons. The molecule has 2 aliphatic heterocycles. The van der Waals surface area contributed by atoms with Gasteiger partial charge in [0.25, 0.3) is 0 Å². The maximum atomic E-state index is 3.73. The largest absolute Gasteiger partial charge is 0.305 e. The van der Waals surface area contributed by atoms with Gasteiger partial charge in [-0.05, 0) is 37.9 Å². The van der Waals surface area contributed by atoms with Gasteiger partial charge in [0.05, 0.1) is 5.54 Å². The lowest BCUT2D eigenvalue weighted by Crippen LogP contribution is -2.57. The quantitative estimate of drug-likeness (QED) is 0.915. The van der Waals surface area contributed by atoms with Crippen molar-refractivity contribution in [2.75, 3.05) is 45.8 Å². The summed E-state index contributed by atoms with van der Waals surface area (Å²) < 4.78 is 0. The van der Waals surface area contributed by atoms with Gasteiger partial charge in [-0.2, -0.15) is 0 Å². The number of piperazine rings is 1. The van der Waals surface area contributed by atoms with E-state index >= 15 is 0 Å². The van der Waals surface area contributed by atoms with Crippen LogP contribution in [0.2, 0.25) is 0 Å². The van der Waals surface area contributed by atoms with Gasteiger partial charge in [-0.25, -0.2) is 0 Å². The Morgan fingerprint density at radius 2 is 2.00 bits per heavy atom. The zero-order valence-electron chi connectivity index (χ0n) is 13.5. The van der Waals surface area contributed by atoms with Crippen LogP contribution in [0, 0.1) is 5.92 Å². The third-order valence-electron chi connectivity index (χ3n) is 5.23. The maximum Gasteiger partial charge on any atom is 0.0535 e. The van der Waals surface area contributed by atoms with Crippen LogP contribution in [-0.4, -0.2) is 55.6 Å². The Hall–Kier alpha value is -0.900. The van der Waals surface area contributed by atoms with Crippen LogP contribution >= 0.6 is 0 Å². The number of nitrogens with one attached hydrogen (secondary N) is 1. The highest BCUT2D eigenvalue weighted by atomic mass is 15.2. The second kappa shape index (κ2) is 6.47. The second-order valence-electron chi connectivity index (χ2n) is 6.91. The van der Waals surface area contributed by atoms with Crippen molar-refractivity contribution in [3.05, 3.63) is 35.9 Å². The van der Waals surface area contributed by atoms with Gasteiger partial charge in [0.15, 0.2) is 0 Å². The number of nitrogens with zero attached hydrogens (tertiary/aromatic N) is 2. The molecule has 0 aromatic heterocycles. The van der Waals surface area contributed by atoms with Crippen LogP contribution in [0.4, 0.5) is 0 Å². The number of benzene rings is 1. The highest BCUT2D eigenvalue weighted by Gasteiger charge is 2.33. The minimum atomic E-state index is 0.0998. The SMILES string of the molecule is CCN1CCC(CN2CCNC(C)(c3ccccc3)C2)C1. The molecule has 21 heavy (non-hydrogen) atoms. The molecule has 0 saturated carbocycles. The molecule has 0 radical (unpaired) electrons. The van der Waals surface area contributed by atoms with Crippen LogP contribution in [0.25, 0.3) is 0 Å². The summed E-state index contributed by atoms with van der Waals surface area (Å²) >= 11 is 0. The normalized spacial score (nSPS) is 31.6. The first kappa shape index (κ1) is 15.0. The third kappa shape index (κ3) is 3.47. The number of rotatable bonds is 4. The number of likely N-dealkylation sites (tertiary alicyclic amines) is 1. The summed E-state index contributed by atoms with van der Waals surface area (Å²) in [6.07, 6.45) is 1.37. The highest BCUT2D eigenvalue weighted by molar-refractivity contribution is 5.24. The van der Waals surface area contributed by atoms with Crippen LogP contribution in [0.1, 0.15) is 25.8 Å². The molecule has 0 aliphatic carbocycles. The van der Waals surface area contributed by atoms with Gasteiger partial charge in [-0.1, -0.05) is 37.3 Å². The topological polar surface area (TPSA) is 18.5 Å². The van der Waals surface area contributed by atoms with E-state index < -0.39 is 0 Å². The Labute approximate surface area is 129 Å². The van der Waals surface area contributed by atoms with E-state index in [2.05, 4.69) is 59.3 Å². The number of hydrogen-bond acceptors (Lipinski definition) is 3. The molecule has 1 aromatic carbocycles. The van der Waals surface area contributed by atoms with Crippen LogP contribution in [-0.2, 0) is 5.54 Å². The number of hydrogen-bond donors (Lipinski definition) is 1. The zero-order valence-corrected chi connectivity index (χ0v) is 13.5. The summed E-state index contributed by atoms with van der Waals surface area (Å²) in [7, 11) is 0. The van der Waals surface area contributed by atoms with Gasteiger partial charge >= 0.3 is 0 Å². The molecule has 2 fully saturated rings. The summed E-state index contributed by atoms with van der Waals surface area (Å²) in [4.78, 5) is 5.26. The van der Waals surface area contributed by atoms with Crippen LogP contribution < -0.4 is 5.32 Å². The minimum Gasteiger partial charge on any atom is -0.305 e. The molecule has 1 N–H and O–H groups in total. The Kier molecular flexibility index (Phi) is 4.63. The van der Waals surface area contributed by atoms with Gasteiger partial charge in [0.2, 0.25) is 0 Å². The Balaban J connectivity index is 1.61. The monoisotopic (exact) mass is 287 g/mol. The predicted octanol–water partition coefficient (Wildman–Crippen LogP) is 2.15. The molecule has 1 aromatic rings. The first-order chi connectivity index (χ1) is 10.2. The Morgan fingerprint density at radius 1 is 1.19 bits per heavy atom. The van der Waals surface area contributed by atoms with Crippen molar-refractivity contribution < 1.29 is 0 Å². The molecule has 0 bridgehead atoms. The van der Waals surface area contributed by atoms with Crippen LogP contribution in [0.5, 0.6) is 0 Å². The van der Waals surface area contributed by atoms with Crippen molar-refractivity contribution >= 4 is 0 Å². The zero-order chi connectivity index (χ0) is 14.7. The molecule has 3 rings (SSSR count). The summed E-state index contributed by atoms with van der Waals surface area (Å²) in [6.45, 7) is 13.1. The van der Waals surface area contributed by atoms with Gasteiger partial charge in [-0.3, -0.25) is 4.90 Å². The van der Waals surface area contributed by atoms with E-state index in [9.17, 15) is 0 Å². The fourth-order valence-corrected chi connectivity index (χ4v) is 3.94. The summed E-state index contributed by atoms with van der Waals surface area (Å²) in [6, 6.07) is 10.9. The molecule has 2 saturated heterocycles. The van der Waals surface area contributed by atoms with E-state index in [4.69, 9.17) is 0 Å². The van der Waals surface area contributed by atoms with E-state index in [1.807, 2.05) is 0 Å². The first-order valence-electron chi connectivity index (χ1n) is 8.45. The van der Waals surface area contributed by atoms with Crippen LogP contribution in [0.3, 0.4) is 0 Å². The standard InChI is InChI=1S/C18H29N3/c1-3-20-11-9-16(13-20)14-21-12-10-19-18(2,15-21)17-7-5-4-6-8-17/h4-8,16,19H,3,9-15H2,1-2H3. The van der Waals surface area contributed by atoms with Crippen LogP contribution in [0.15, 0.2) is 30.3 Å². The van der Waals surface area contributed by atoms with Gasteiger partial charge in [0.1, 0.15) is 0 Å². The third-order valence-corrected chi connectivity index (χ3v) is 5.23. The molecule has 3 heteroatoms. The van der Waals surface area contributed by atoms with E-state index in [-0.39, 0.29) is 5.54 Å². The molecular formula is C18H29N3. The highest BCUT2D eigenvalue weighted by Crippen LogP contribution is 2.26. The average Bonchev–Trinajstić information content (AvgIpc) is 2.96. The molecule has 2 unspecified atom stereocenters. The molecule has 0 amide bonds. The van der Waals surface area contributed by atoms with Gasteiger partial charge in [0, 0.05) is 32.7 Å². The van der Waals surface area contributed by atoms with Crippen molar-refractivity contribution in [2.45, 2.75) is 25.8 Å². The van der Waals surface area contributed by atoms with Crippen molar-refractivity contribution in [3.63, 3.8) is 0 Å². The fraction of sp³-hybridized carbons (Fsp3) is 0.667. The fourth-order valence-electron chi connectivity index (χ4n) is 3.94. The van der Waals surface area contributed by atoms with E-state index in [0.29, 0.717) is 0 Å². The predicted molar refractivity (Wildman–Crippen MR) is 88.5 cm³/mol. The lowest BCUT2D eigenvalue weighted by molar-refractivity contribution is 0.125. The Bertz CT molecular complexity index is 447. The van der Waals surface area contributed by atoms with Gasteiger partial charge in [-0.15, -0.1) is 0 Å². The van der Waals surface area contributed by atoms with Crippen molar-refractivity contribution in [2.24, 2.45) is 5.92 Å². The molecule has 3 nitrogen and oxygen atoms in total. The molecular weight excluding hydrogens is 258 g/mol. The van der Waals surface area contributed by atoms with E-state index in [1.54, 1.807) is 0 Å². The molecule has 2 heterocycles. The van der Waals surface area contributed by atoms with Crippen molar-refractivity contribution in [3.8, 4) is 0 Å². The molecule has 2 atom stereocenters. The minimum absolute atomic E-state index is 0.0998. The summed E-state index contributed by atoms with van der Waals surface area (Å²) in [5, 5.41) is 3.73. The second-order valence-corrected chi connectivity index (χ2v) is 6.91.